The van der Waals surface area contributed by atoms with E-state index in [0.717, 1.165) is 43.8 Å². The molecule has 1 aliphatic rings. The van der Waals surface area contributed by atoms with Gasteiger partial charge in [-0.15, -0.1) is 24.0 Å². The standard InChI is InChI=1S/C20H34N4O.HI/c1-6-21-20(24-12-8-9-16(2)15-24)22-14-19(23(3)4)17-10-7-11-18(13-17)25-5;/h7,10-11,13,16,19H,6,8-9,12,14-15H2,1-5H3,(H,21,22);1H. The van der Waals surface area contributed by atoms with Crippen molar-refractivity contribution in [2.75, 3.05) is 47.4 Å². The van der Waals surface area contributed by atoms with Gasteiger partial charge in [0.1, 0.15) is 5.75 Å². The van der Waals surface area contributed by atoms with Crippen molar-refractivity contribution in [1.82, 2.24) is 15.1 Å². The summed E-state index contributed by atoms with van der Waals surface area (Å²) >= 11 is 0. The summed E-state index contributed by atoms with van der Waals surface area (Å²) < 4.78 is 5.38. The lowest BCUT2D eigenvalue weighted by molar-refractivity contribution is 0.263. The first-order valence-electron chi connectivity index (χ1n) is 9.38. The number of guanidine groups is 1. The van der Waals surface area contributed by atoms with Crippen LogP contribution in [0.5, 0.6) is 5.75 Å². The summed E-state index contributed by atoms with van der Waals surface area (Å²) in [5.41, 5.74) is 1.23. The summed E-state index contributed by atoms with van der Waals surface area (Å²) in [6.45, 7) is 8.28. The van der Waals surface area contributed by atoms with Crippen LogP contribution in [0, 0.1) is 5.92 Å². The molecule has 2 rings (SSSR count). The summed E-state index contributed by atoms with van der Waals surface area (Å²) in [4.78, 5) is 9.61. The highest BCUT2D eigenvalue weighted by Crippen LogP contribution is 2.23. The Balaban J connectivity index is 0.00000338. The molecule has 26 heavy (non-hydrogen) atoms. The van der Waals surface area contributed by atoms with Crippen LogP contribution in [0.1, 0.15) is 38.3 Å². The molecule has 0 radical (unpaired) electrons. The summed E-state index contributed by atoms with van der Waals surface area (Å²) in [6.07, 6.45) is 2.57. The Bertz CT molecular complexity index is 564. The Labute approximate surface area is 176 Å². The van der Waals surface area contributed by atoms with E-state index in [9.17, 15) is 0 Å². The van der Waals surface area contributed by atoms with E-state index in [1.165, 1.54) is 18.4 Å². The first kappa shape index (κ1) is 23.0. The van der Waals surface area contributed by atoms with Crippen LogP contribution in [-0.2, 0) is 0 Å². The maximum absolute atomic E-state index is 5.38. The molecule has 1 aromatic rings. The van der Waals surface area contributed by atoms with Gasteiger partial charge in [0.05, 0.1) is 19.7 Å². The molecule has 5 nitrogen and oxygen atoms in total. The smallest absolute Gasteiger partial charge is 0.193 e. The second kappa shape index (κ2) is 11.6. The Morgan fingerprint density at radius 1 is 1.42 bits per heavy atom. The Morgan fingerprint density at radius 3 is 2.81 bits per heavy atom. The molecule has 1 aromatic carbocycles. The number of rotatable bonds is 6. The quantitative estimate of drug-likeness (QED) is 0.389. The van der Waals surface area contributed by atoms with E-state index < -0.39 is 0 Å². The molecule has 2 unspecified atom stereocenters. The first-order valence-corrected chi connectivity index (χ1v) is 9.38. The van der Waals surface area contributed by atoms with Gasteiger partial charge in [0.15, 0.2) is 5.96 Å². The number of benzene rings is 1. The number of hydrogen-bond acceptors (Lipinski definition) is 3. The van der Waals surface area contributed by atoms with Gasteiger partial charge in [-0.25, -0.2) is 0 Å². The average Bonchev–Trinajstić information content (AvgIpc) is 2.61. The van der Waals surface area contributed by atoms with Crippen molar-refractivity contribution >= 4 is 29.9 Å². The molecule has 6 heteroatoms. The van der Waals surface area contributed by atoms with Gasteiger partial charge in [0.25, 0.3) is 0 Å². The van der Waals surface area contributed by atoms with E-state index in [1.54, 1.807) is 7.11 Å². The normalized spacial score (nSPS) is 19.1. The molecule has 2 atom stereocenters. The van der Waals surface area contributed by atoms with Crippen molar-refractivity contribution in [2.45, 2.75) is 32.7 Å². The maximum atomic E-state index is 5.38. The van der Waals surface area contributed by atoms with Gasteiger partial charge in [0, 0.05) is 19.6 Å². The molecule has 0 bridgehead atoms. The van der Waals surface area contributed by atoms with Crippen molar-refractivity contribution in [1.29, 1.82) is 0 Å². The highest BCUT2D eigenvalue weighted by atomic mass is 127. The van der Waals surface area contributed by atoms with Gasteiger partial charge >= 0.3 is 0 Å². The van der Waals surface area contributed by atoms with Gasteiger partial charge in [-0.05, 0) is 57.5 Å². The van der Waals surface area contributed by atoms with Crippen molar-refractivity contribution in [2.24, 2.45) is 10.9 Å². The summed E-state index contributed by atoms with van der Waals surface area (Å²) in [5, 5.41) is 3.47. The van der Waals surface area contributed by atoms with Crippen molar-refractivity contribution in [3.05, 3.63) is 29.8 Å². The van der Waals surface area contributed by atoms with Gasteiger partial charge < -0.3 is 19.9 Å². The molecule has 0 saturated carbocycles. The van der Waals surface area contributed by atoms with Gasteiger partial charge in [-0.2, -0.15) is 0 Å². The lowest BCUT2D eigenvalue weighted by Gasteiger charge is -2.34. The summed E-state index contributed by atoms with van der Waals surface area (Å²) in [5.74, 6) is 2.68. The van der Waals surface area contributed by atoms with Crippen LogP contribution in [0.15, 0.2) is 29.3 Å². The third-order valence-electron chi connectivity index (χ3n) is 4.81. The van der Waals surface area contributed by atoms with Crippen LogP contribution in [0.2, 0.25) is 0 Å². The SMILES string of the molecule is CCNC(=NCC(c1cccc(OC)c1)N(C)C)N1CCCC(C)C1.I. The zero-order valence-corrected chi connectivity index (χ0v) is 19.2. The Morgan fingerprint density at radius 2 is 2.19 bits per heavy atom. The number of ether oxygens (including phenoxy) is 1. The Hall–Kier alpha value is -1.02. The molecule has 1 heterocycles. The highest BCUT2D eigenvalue weighted by molar-refractivity contribution is 14.0. The van der Waals surface area contributed by atoms with E-state index in [0.29, 0.717) is 0 Å². The summed E-state index contributed by atoms with van der Waals surface area (Å²) in [6, 6.07) is 8.52. The van der Waals surface area contributed by atoms with Crippen LogP contribution < -0.4 is 10.1 Å². The molecule has 0 aromatic heterocycles. The number of aliphatic imine (C=N–C) groups is 1. The maximum Gasteiger partial charge on any atom is 0.193 e. The lowest BCUT2D eigenvalue weighted by Crippen LogP contribution is -2.46. The van der Waals surface area contributed by atoms with Crippen molar-refractivity contribution in [3.8, 4) is 5.75 Å². The predicted molar refractivity (Wildman–Crippen MR) is 121 cm³/mol. The topological polar surface area (TPSA) is 40.1 Å². The minimum atomic E-state index is 0. The second-order valence-corrected chi connectivity index (χ2v) is 7.14. The number of piperidine rings is 1. The van der Waals surface area contributed by atoms with Gasteiger partial charge in [-0.1, -0.05) is 19.1 Å². The fourth-order valence-corrected chi connectivity index (χ4v) is 3.40. The number of nitrogens with one attached hydrogen (secondary N) is 1. The van der Waals surface area contributed by atoms with Gasteiger partial charge in [0.2, 0.25) is 0 Å². The fourth-order valence-electron chi connectivity index (χ4n) is 3.40. The molecule has 148 valence electrons. The van der Waals surface area contributed by atoms with E-state index in [2.05, 4.69) is 55.2 Å². The highest BCUT2D eigenvalue weighted by Gasteiger charge is 2.20. The molecule has 0 amide bonds. The number of likely N-dealkylation sites (tertiary alicyclic amines) is 1. The number of methoxy groups -OCH3 is 1. The first-order chi connectivity index (χ1) is 12.0. The average molecular weight is 474 g/mol. The van der Waals surface area contributed by atoms with E-state index >= 15 is 0 Å². The fraction of sp³-hybridized carbons (Fsp3) is 0.650. The monoisotopic (exact) mass is 474 g/mol. The van der Waals surface area contributed by atoms with E-state index in [1.807, 2.05) is 12.1 Å². The third-order valence-corrected chi connectivity index (χ3v) is 4.81. The molecular formula is C20H35IN4O. The number of hydrogen-bond donors (Lipinski definition) is 1. The predicted octanol–water partition coefficient (Wildman–Crippen LogP) is 3.61. The van der Waals surface area contributed by atoms with Crippen LogP contribution in [0.4, 0.5) is 0 Å². The minimum absolute atomic E-state index is 0. The van der Waals surface area contributed by atoms with Crippen LogP contribution in [0.3, 0.4) is 0 Å². The number of likely N-dealkylation sites (N-methyl/N-ethyl adjacent to an activating group) is 1. The minimum Gasteiger partial charge on any atom is -0.497 e. The van der Waals surface area contributed by atoms with Gasteiger partial charge in [-0.3, -0.25) is 4.99 Å². The van der Waals surface area contributed by atoms with E-state index in [-0.39, 0.29) is 30.0 Å². The number of nitrogens with zero attached hydrogens (tertiary/aromatic N) is 3. The largest absolute Gasteiger partial charge is 0.497 e. The number of halogens is 1. The second-order valence-electron chi connectivity index (χ2n) is 7.14. The van der Waals surface area contributed by atoms with Crippen LogP contribution in [-0.4, -0.2) is 63.1 Å². The molecule has 1 N–H and O–H groups in total. The summed E-state index contributed by atoms with van der Waals surface area (Å²) in [7, 11) is 5.92. The molecule has 0 aliphatic carbocycles. The lowest BCUT2D eigenvalue weighted by atomic mass is 10.0. The third kappa shape index (κ3) is 6.61. The van der Waals surface area contributed by atoms with Crippen molar-refractivity contribution in [3.63, 3.8) is 0 Å². The van der Waals surface area contributed by atoms with E-state index in [4.69, 9.17) is 9.73 Å². The molecule has 1 saturated heterocycles. The molecule has 1 fully saturated rings. The van der Waals surface area contributed by atoms with Crippen LogP contribution >= 0.6 is 24.0 Å². The molecule has 1 aliphatic heterocycles. The zero-order chi connectivity index (χ0) is 18.2. The molecule has 0 spiro atoms. The Kier molecular flexibility index (Phi) is 10.3. The zero-order valence-electron chi connectivity index (χ0n) is 16.9. The molecular weight excluding hydrogens is 439 g/mol. The van der Waals surface area contributed by atoms with Crippen LogP contribution in [0.25, 0.3) is 0 Å². The van der Waals surface area contributed by atoms with Crippen molar-refractivity contribution < 1.29 is 4.74 Å².